The van der Waals surface area contributed by atoms with Gasteiger partial charge < -0.3 is 33.8 Å². The average molecular weight is 1260 g/mol. The van der Waals surface area contributed by atoms with Crippen molar-refractivity contribution in [3.8, 4) is 0 Å². The van der Waals surface area contributed by atoms with E-state index in [0.717, 1.165) is 126 Å². The first-order chi connectivity index (χ1) is 40.7. The van der Waals surface area contributed by atoms with Crippen molar-refractivity contribution in [2.24, 2.45) is 23.7 Å². The lowest BCUT2D eigenvalue weighted by molar-refractivity contribution is -0.161. The molecule has 0 bridgehead atoms. The molecule has 3 N–H and O–H groups in total. The highest BCUT2D eigenvalue weighted by atomic mass is 31.2. The normalized spacial score (nSPS) is 15.0. The van der Waals surface area contributed by atoms with Crippen LogP contribution >= 0.6 is 15.6 Å². The van der Waals surface area contributed by atoms with Gasteiger partial charge in [0, 0.05) is 25.7 Å². The van der Waals surface area contributed by atoms with Crippen molar-refractivity contribution in [2.75, 3.05) is 39.6 Å². The fraction of sp³-hybridized carbons (Fsp3) is 0.939. The Hall–Kier alpha value is -1.94. The lowest BCUT2D eigenvalue weighted by Gasteiger charge is -2.21. The highest BCUT2D eigenvalue weighted by molar-refractivity contribution is 7.47. The zero-order valence-corrected chi connectivity index (χ0v) is 57.0. The molecule has 85 heavy (non-hydrogen) atoms. The summed E-state index contributed by atoms with van der Waals surface area (Å²) in [5.41, 5.74) is 0. The monoisotopic (exact) mass is 1250 g/mol. The molecule has 0 aliphatic heterocycles. The fourth-order valence-corrected chi connectivity index (χ4v) is 11.3. The second kappa shape index (κ2) is 56.1. The minimum absolute atomic E-state index is 0.104. The Bertz CT molecular complexity index is 1700. The molecule has 0 saturated heterocycles. The van der Waals surface area contributed by atoms with E-state index in [1.165, 1.54) is 109 Å². The first-order valence-electron chi connectivity index (χ1n) is 34.3. The van der Waals surface area contributed by atoms with Crippen LogP contribution in [0.15, 0.2) is 0 Å². The maximum absolute atomic E-state index is 13.0. The van der Waals surface area contributed by atoms with E-state index in [-0.39, 0.29) is 25.7 Å². The van der Waals surface area contributed by atoms with E-state index in [9.17, 15) is 43.2 Å². The van der Waals surface area contributed by atoms with E-state index in [1.54, 1.807) is 0 Å². The minimum Gasteiger partial charge on any atom is -0.462 e. The second-order valence-corrected chi connectivity index (χ2v) is 28.2. The number of aliphatic hydroxyl groups excluding tert-OH is 1. The average Bonchev–Trinajstić information content (AvgIpc) is 3.56. The molecule has 0 aliphatic carbocycles. The van der Waals surface area contributed by atoms with Crippen LogP contribution < -0.4 is 0 Å². The van der Waals surface area contributed by atoms with Crippen LogP contribution in [-0.4, -0.2) is 96.7 Å². The third-order valence-corrected chi connectivity index (χ3v) is 17.7. The fourth-order valence-electron chi connectivity index (χ4n) is 9.72. The van der Waals surface area contributed by atoms with Crippen molar-refractivity contribution < 1.29 is 80.2 Å². The van der Waals surface area contributed by atoms with Crippen LogP contribution in [0.3, 0.4) is 0 Å². The van der Waals surface area contributed by atoms with E-state index >= 15 is 0 Å². The number of phosphoric acid groups is 2. The van der Waals surface area contributed by atoms with Crippen LogP contribution in [0.5, 0.6) is 0 Å². The summed E-state index contributed by atoms with van der Waals surface area (Å²) in [5, 5.41) is 10.6. The highest BCUT2D eigenvalue weighted by Gasteiger charge is 2.30. The molecule has 0 aromatic heterocycles. The van der Waals surface area contributed by atoms with Crippen LogP contribution in [0, 0.1) is 23.7 Å². The Morgan fingerprint density at radius 1 is 0.329 bits per heavy atom. The number of carbonyl (C=O) groups excluding carboxylic acids is 4. The summed E-state index contributed by atoms with van der Waals surface area (Å²) in [6.45, 7) is 14.0. The number of aliphatic hydroxyl groups is 1. The number of unbranched alkanes of at least 4 members (excludes halogenated alkanes) is 27. The molecule has 504 valence electrons. The van der Waals surface area contributed by atoms with Crippen LogP contribution in [0.1, 0.15) is 319 Å². The number of ether oxygens (including phenoxy) is 4. The Labute approximate surface area is 517 Å². The lowest BCUT2D eigenvalue weighted by atomic mass is 10.00. The van der Waals surface area contributed by atoms with Crippen molar-refractivity contribution in [3.63, 3.8) is 0 Å². The van der Waals surface area contributed by atoms with E-state index in [0.29, 0.717) is 25.7 Å². The van der Waals surface area contributed by atoms with E-state index in [1.807, 2.05) is 0 Å². The molecule has 0 rings (SSSR count). The molecule has 0 radical (unpaired) electrons. The Morgan fingerprint density at radius 3 is 0.835 bits per heavy atom. The quantitative estimate of drug-likeness (QED) is 0.0222. The molecule has 0 aromatic carbocycles. The third-order valence-electron chi connectivity index (χ3n) is 15.8. The van der Waals surface area contributed by atoms with Gasteiger partial charge in [0.05, 0.1) is 26.4 Å². The zero-order valence-electron chi connectivity index (χ0n) is 55.2. The van der Waals surface area contributed by atoms with E-state index in [2.05, 4.69) is 55.4 Å². The summed E-state index contributed by atoms with van der Waals surface area (Å²) in [6.07, 6.45) is 36.2. The molecule has 4 unspecified atom stereocenters. The van der Waals surface area contributed by atoms with Crippen LogP contribution in [-0.2, 0) is 65.4 Å². The smallest absolute Gasteiger partial charge is 0.462 e. The molecule has 0 saturated carbocycles. The van der Waals surface area contributed by atoms with Crippen molar-refractivity contribution in [3.05, 3.63) is 0 Å². The molecule has 0 spiro atoms. The first kappa shape index (κ1) is 83.1. The summed E-state index contributed by atoms with van der Waals surface area (Å²) < 4.78 is 68.1. The van der Waals surface area contributed by atoms with Gasteiger partial charge in [-0.1, -0.05) is 267 Å². The van der Waals surface area contributed by atoms with Gasteiger partial charge in [-0.3, -0.25) is 37.3 Å². The molecule has 0 fully saturated rings. The Morgan fingerprint density at radius 2 is 0.565 bits per heavy atom. The number of esters is 4. The maximum Gasteiger partial charge on any atom is 0.472 e. The summed E-state index contributed by atoms with van der Waals surface area (Å²) in [7, 11) is -9.89. The first-order valence-corrected chi connectivity index (χ1v) is 37.3. The van der Waals surface area contributed by atoms with Gasteiger partial charge in [0.25, 0.3) is 0 Å². The Kier molecular flexibility index (Phi) is 54.8. The lowest BCUT2D eigenvalue weighted by Crippen LogP contribution is -2.30. The molecule has 0 heterocycles. The van der Waals surface area contributed by atoms with Gasteiger partial charge in [-0.2, -0.15) is 0 Å². The van der Waals surface area contributed by atoms with Crippen LogP contribution in [0.2, 0.25) is 0 Å². The maximum atomic E-state index is 13.0. The SMILES string of the molecule is CCC(C)CCCCCCCCC(=O)OC[C@H](COP(=O)(O)OC[C@@H](O)COP(=O)(O)OC[C@@H](COC(=O)CCCCCCCCC(C)CC)OC(=O)CCCCCCCCCCCC(C)C)OC(=O)CCCCCCCCCCCCC(C)C. The third kappa shape index (κ3) is 58.2. The van der Waals surface area contributed by atoms with Gasteiger partial charge in [-0.05, 0) is 49.4 Å². The number of carbonyl (C=O) groups is 4. The largest absolute Gasteiger partial charge is 0.472 e. The standard InChI is InChI=1S/C66H128O17P2/c1-9-58(7)44-36-28-22-24-30-38-46-63(68)76-52-61(82-65(70)48-40-32-20-16-12-11-14-18-26-34-42-56(3)4)54-80-84(72,73)78-50-60(67)51-79-85(74,75)81-55-62(53-77-64(69)47-39-31-25-23-29-37-45-59(8)10-2)83-66(71)49-41-33-21-17-13-15-19-27-35-43-57(5)6/h56-62,67H,9-55H2,1-8H3,(H,72,73)(H,74,75)/t58?,59?,60-,61-,62-/m1/s1. The predicted octanol–water partition coefficient (Wildman–Crippen LogP) is 18.1. The van der Waals surface area contributed by atoms with Gasteiger partial charge in [0.1, 0.15) is 19.3 Å². The van der Waals surface area contributed by atoms with Gasteiger partial charge in [-0.15, -0.1) is 0 Å². The number of phosphoric ester groups is 2. The predicted molar refractivity (Wildman–Crippen MR) is 340 cm³/mol. The highest BCUT2D eigenvalue weighted by Crippen LogP contribution is 2.45. The number of hydrogen-bond donors (Lipinski definition) is 3. The van der Waals surface area contributed by atoms with Gasteiger partial charge >= 0.3 is 39.5 Å². The van der Waals surface area contributed by atoms with E-state index in [4.69, 9.17) is 37.0 Å². The molecule has 17 nitrogen and oxygen atoms in total. The minimum atomic E-state index is -4.95. The topological polar surface area (TPSA) is 237 Å². The molecule has 7 atom stereocenters. The van der Waals surface area contributed by atoms with Gasteiger partial charge in [-0.25, -0.2) is 9.13 Å². The molecule has 0 aliphatic rings. The van der Waals surface area contributed by atoms with Crippen molar-refractivity contribution in [1.29, 1.82) is 0 Å². The van der Waals surface area contributed by atoms with Crippen LogP contribution in [0.25, 0.3) is 0 Å². The molecule has 19 heteroatoms. The molecule has 0 amide bonds. The summed E-state index contributed by atoms with van der Waals surface area (Å²) in [4.78, 5) is 72.3. The van der Waals surface area contributed by atoms with Crippen molar-refractivity contribution >= 4 is 39.5 Å². The summed E-state index contributed by atoms with van der Waals surface area (Å²) in [6, 6.07) is 0. The van der Waals surface area contributed by atoms with Gasteiger partial charge in [0.2, 0.25) is 0 Å². The zero-order chi connectivity index (χ0) is 63.2. The number of rotatable bonds is 63. The number of hydrogen-bond acceptors (Lipinski definition) is 15. The van der Waals surface area contributed by atoms with E-state index < -0.39 is 97.5 Å². The second-order valence-electron chi connectivity index (χ2n) is 25.3. The molecular weight excluding hydrogens is 1130 g/mol. The summed E-state index contributed by atoms with van der Waals surface area (Å²) in [5.74, 6) is 0.813. The Balaban J connectivity index is 5.27. The molecule has 0 aromatic rings. The van der Waals surface area contributed by atoms with Crippen molar-refractivity contribution in [2.45, 2.75) is 337 Å². The van der Waals surface area contributed by atoms with Crippen LogP contribution in [0.4, 0.5) is 0 Å². The van der Waals surface area contributed by atoms with Gasteiger partial charge in [0.15, 0.2) is 12.2 Å². The summed E-state index contributed by atoms with van der Waals surface area (Å²) >= 11 is 0. The van der Waals surface area contributed by atoms with Crippen molar-refractivity contribution in [1.82, 2.24) is 0 Å². The molecular formula is C66H128O17P2.